The standard InChI is InChI=1S/C18H25N3O4S/c1-12-9-14(10-17(13(12)2)26(23,24)19-3)18(22)20-11-15(21(4)5)16-7-6-8-25-16/h6-10,15,19H,11H2,1-5H3,(H,20,22). The number of sulfonamides is 1. The number of amides is 1. The topological polar surface area (TPSA) is 91.6 Å². The normalized spacial score (nSPS) is 13.0. The molecular formula is C18H25N3O4S. The van der Waals surface area contributed by atoms with Gasteiger partial charge in [-0.05, 0) is 70.4 Å². The van der Waals surface area contributed by atoms with Gasteiger partial charge in [0, 0.05) is 12.1 Å². The SMILES string of the molecule is CNS(=O)(=O)c1cc(C(=O)NCC(c2ccco2)N(C)C)cc(C)c1C. The van der Waals surface area contributed by atoms with E-state index in [0.717, 1.165) is 11.3 Å². The van der Waals surface area contributed by atoms with Crippen LogP contribution in [0.1, 0.15) is 33.3 Å². The third-order valence-corrected chi connectivity index (χ3v) is 5.93. The van der Waals surface area contributed by atoms with Crippen molar-refractivity contribution in [3.63, 3.8) is 0 Å². The minimum atomic E-state index is -3.64. The Morgan fingerprint density at radius 2 is 1.96 bits per heavy atom. The van der Waals surface area contributed by atoms with Gasteiger partial charge in [-0.3, -0.25) is 9.69 Å². The van der Waals surface area contributed by atoms with Crippen LogP contribution in [0.15, 0.2) is 39.8 Å². The molecule has 142 valence electrons. The van der Waals surface area contributed by atoms with Crippen LogP contribution in [0.5, 0.6) is 0 Å². The Kier molecular flexibility index (Phi) is 6.22. The summed E-state index contributed by atoms with van der Waals surface area (Å²) in [6, 6.07) is 6.62. The van der Waals surface area contributed by atoms with Crippen LogP contribution in [0.4, 0.5) is 0 Å². The first kappa shape index (κ1) is 20.2. The van der Waals surface area contributed by atoms with E-state index in [2.05, 4.69) is 10.0 Å². The fourth-order valence-corrected chi connectivity index (χ4v) is 3.72. The Bertz CT molecular complexity index is 874. The van der Waals surface area contributed by atoms with Crippen LogP contribution in [0.3, 0.4) is 0 Å². The Morgan fingerprint density at radius 3 is 2.50 bits per heavy atom. The third-order valence-electron chi connectivity index (χ3n) is 4.39. The molecule has 8 heteroatoms. The maximum atomic E-state index is 12.6. The Morgan fingerprint density at radius 1 is 1.27 bits per heavy atom. The number of aryl methyl sites for hydroxylation is 1. The van der Waals surface area contributed by atoms with Gasteiger partial charge in [0.15, 0.2) is 0 Å². The second-order valence-corrected chi connectivity index (χ2v) is 8.18. The number of carbonyl (C=O) groups excluding carboxylic acids is 1. The summed E-state index contributed by atoms with van der Waals surface area (Å²) in [6.45, 7) is 3.84. The second-order valence-electron chi connectivity index (χ2n) is 6.33. The molecule has 7 nitrogen and oxygen atoms in total. The second kappa shape index (κ2) is 8.03. The predicted octanol–water partition coefficient (Wildman–Crippen LogP) is 1.84. The highest BCUT2D eigenvalue weighted by Gasteiger charge is 2.21. The van der Waals surface area contributed by atoms with Crippen molar-refractivity contribution in [2.75, 3.05) is 27.7 Å². The lowest BCUT2D eigenvalue weighted by Crippen LogP contribution is -2.34. The summed E-state index contributed by atoms with van der Waals surface area (Å²) >= 11 is 0. The van der Waals surface area contributed by atoms with Crippen molar-refractivity contribution < 1.29 is 17.6 Å². The van der Waals surface area contributed by atoms with Gasteiger partial charge in [-0.1, -0.05) is 0 Å². The van der Waals surface area contributed by atoms with Crippen molar-refractivity contribution in [3.8, 4) is 0 Å². The van der Waals surface area contributed by atoms with Crippen LogP contribution in [-0.4, -0.2) is 46.9 Å². The van der Waals surface area contributed by atoms with E-state index in [-0.39, 0.29) is 16.8 Å². The number of rotatable bonds is 7. The lowest BCUT2D eigenvalue weighted by atomic mass is 10.1. The van der Waals surface area contributed by atoms with Crippen LogP contribution >= 0.6 is 0 Å². The zero-order chi connectivity index (χ0) is 19.5. The quantitative estimate of drug-likeness (QED) is 0.766. The van der Waals surface area contributed by atoms with E-state index >= 15 is 0 Å². The van der Waals surface area contributed by atoms with Gasteiger partial charge in [-0.2, -0.15) is 0 Å². The van der Waals surface area contributed by atoms with Crippen LogP contribution in [0, 0.1) is 13.8 Å². The molecule has 1 heterocycles. The minimum absolute atomic E-state index is 0.111. The summed E-state index contributed by atoms with van der Waals surface area (Å²) in [5.74, 6) is 0.410. The Hall–Kier alpha value is -2.16. The fourth-order valence-electron chi connectivity index (χ4n) is 2.66. The number of furan rings is 1. The van der Waals surface area contributed by atoms with Crippen LogP contribution in [0.2, 0.25) is 0 Å². The van der Waals surface area contributed by atoms with Crippen molar-refractivity contribution in [1.82, 2.24) is 14.9 Å². The van der Waals surface area contributed by atoms with Crippen molar-refractivity contribution in [1.29, 1.82) is 0 Å². The van der Waals surface area contributed by atoms with E-state index in [9.17, 15) is 13.2 Å². The molecule has 0 radical (unpaired) electrons. The number of likely N-dealkylation sites (N-methyl/N-ethyl adjacent to an activating group) is 1. The molecule has 1 amide bonds. The summed E-state index contributed by atoms with van der Waals surface area (Å²) in [4.78, 5) is 14.6. The molecule has 2 aromatic rings. The lowest BCUT2D eigenvalue weighted by molar-refractivity contribution is 0.0938. The molecule has 1 aromatic heterocycles. The maximum absolute atomic E-state index is 12.6. The van der Waals surface area contributed by atoms with E-state index in [1.165, 1.54) is 13.1 Å². The predicted molar refractivity (Wildman–Crippen MR) is 99.6 cm³/mol. The van der Waals surface area contributed by atoms with Gasteiger partial charge in [0.25, 0.3) is 5.91 Å². The Balaban J connectivity index is 2.25. The molecule has 1 atom stereocenters. The molecule has 0 bridgehead atoms. The molecule has 0 saturated carbocycles. The van der Waals surface area contributed by atoms with E-state index in [1.807, 2.05) is 25.1 Å². The first-order valence-electron chi connectivity index (χ1n) is 8.20. The zero-order valence-electron chi connectivity index (χ0n) is 15.7. The van der Waals surface area contributed by atoms with Crippen molar-refractivity contribution in [2.45, 2.75) is 24.8 Å². The van der Waals surface area contributed by atoms with E-state index < -0.39 is 10.0 Å². The number of nitrogens with one attached hydrogen (secondary N) is 2. The highest BCUT2D eigenvalue weighted by Crippen LogP contribution is 2.22. The molecule has 1 unspecified atom stereocenters. The fraction of sp³-hybridized carbons (Fsp3) is 0.389. The van der Waals surface area contributed by atoms with Crippen molar-refractivity contribution in [3.05, 3.63) is 53.0 Å². The molecule has 2 rings (SSSR count). The number of benzene rings is 1. The summed E-state index contributed by atoms with van der Waals surface area (Å²) in [5, 5.41) is 2.86. The molecule has 2 N–H and O–H groups in total. The van der Waals surface area contributed by atoms with Crippen LogP contribution in [0.25, 0.3) is 0 Å². The number of hydrogen-bond donors (Lipinski definition) is 2. The van der Waals surface area contributed by atoms with Crippen LogP contribution in [-0.2, 0) is 10.0 Å². The summed E-state index contributed by atoms with van der Waals surface area (Å²) in [7, 11) is 1.50. The first-order valence-corrected chi connectivity index (χ1v) is 9.68. The highest BCUT2D eigenvalue weighted by atomic mass is 32.2. The van der Waals surface area contributed by atoms with Crippen molar-refractivity contribution in [2.24, 2.45) is 0 Å². The molecule has 0 fully saturated rings. The van der Waals surface area contributed by atoms with Crippen LogP contribution < -0.4 is 10.0 Å². The largest absolute Gasteiger partial charge is 0.468 e. The number of hydrogen-bond acceptors (Lipinski definition) is 5. The van der Waals surface area contributed by atoms with Crippen molar-refractivity contribution >= 4 is 15.9 Å². The third kappa shape index (κ3) is 4.32. The van der Waals surface area contributed by atoms with Gasteiger partial charge >= 0.3 is 0 Å². The molecule has 1 aromatic carbocycles. The first-order chi connectivity index (χ1) is 12.2. The molecule has 26 heavy (non-hydrogen) atoms. The zero-order valence-corrected chi connectivity index (χ0v) is 16.5. The number of nitrogens with zero attached hydrogens (tertiary/aromatic N) is 1. The van der Waals surface area contributed by atoms with Gasteiger partial charge < -0.3 is 9.73 Å². The van der Waals surface area contributed by atoms with E-state index in [1.54, 1.807) is 32.2 Å². The minimum Gasteiger partial charge on any atom is -0.468 e. The molecular weight excluding hydrogens is 354 g/mol. The summed E-state index contributed by atoms with van der Waals surface area (Å²) in [6.07, 6.45) is 1.59. The molecule has 0 aliphatic heterocycles. The highest BCUT2D eigenvalue weighted by molar-refractivity contribution is 7.89. The van der Waals surface area contributed by atoms with Gasteiger partial charge in [-0.25, -0.2) is 13.1 Å². The summed E-state index contributed by atoms with van der Waals surface area (Å²) in [5.41, 5.74) is 1.66. The monoisotopic (exact) mass is 379 g/mol. The van der Waals surface area contributed by atoms with Gasteiger partial charge in [0.1, 0.15) is 5.76 Å². The average Bonchev–Trinajstić information content (AvgIpc) is 3.10. The average molecular weight is 379 g/mol. The molecule has 0 aliphatic carbocycles. The summed E-state index contributed by atoms with van der Waals surface area (Å²) < 4.78 is 32.1. The van der Waals surface area contributed by atoms with Gasteiger partial charge in [0.05, 0.1) is 17.2 Å². The number of carbonyl (C=O) groups is 1. The van der Waals surface area contributed by atoms with Gasteiger partial charge in [-0.15, -0.1) is 0 Å². The Labute approximate surface area is 154 Å². The maximum Gasteiger partial charge on any atom is 0.251 e. The molecule has 0 aliphatic rings. The van der Waals surface area contributed by atoms with Gasteiger partial charge in [0.2, 0.25) is 10.0 Å². The lowest BCUT2D eigenvalue weighted by Gasteiger charge is -2.22. The van der Waals surface area contributed by atoms with E-state index in [0.29, 0.717) is 17.7 Å². The van der Waals surface area contributed by atoms with E-state index in [4.69, 9.17) is 4.42 Å². The molecule has 0 spiro atoms. The smallest absolute Gasteiger partial charge is 0.251 e. The molecule has 0 saturated heterocycles.